The highest BCUT2D eigenvalue weighted by atomic mass is 16.3. The van der Waals surface area contributed by atoms with Crippen LogP contribution in [0, 0.1) is 23.2 Å². The van der Waals surface area contributed by atoms with Gasteiger partial charge in [-0.15, -0.1) is 5.92 Å². The Balaban J connectivity index is 2.68. The molecule has 0 fully saturated rings. The molecule has 0 aliphatic heterocycles. The normalized spacial score (nSPS) is 11.1. The summed E-state index contributed by atoms with van der Waals surface area (Å²) in [4.78, 5) is 0. The van der Waals surface area contributed by atoms with Crippen LogP contribution in [0.3, 0.4) is 0 Å². The van der Waals surface area contributed by atoms with Crippen LogP contribution in [0.4, 0.5) is 0 Å². The fraction of sp³-hybridized carbons (Fsp3) is 0.357. The molecule has 1 rings (SSSR count). The van der Waals surface area contributed by atoms with Crippen molar-refractivity contribution in [1.82, 2.24) is 0 Å². The van der Waals surface area contributed by atoms with E-state index in [0.29, 0.717) is 11.1 Å². The predicted molar refractivity (Wildman–Crippen MR) is 63.4 cm³/mol. The van der Waals surface area contributed by atoms with E-state index >= 15 is 0 Å². The van der Waals surface area contributed by atoms with E-state index in [4.69, 9.17) is 5.26 Å². The van der Waals surface area contributed by atoms with E-state index in [2.05, 4.69) is 18.8 Å². The largest absolute Gasteiger partial charge is 0.376 e. The Labute approximate surface area is 96.5 Å². The van der Waals surface area contributed by atoms with Gasteiger partial charge in [-0.1, -0.05) is 31.4 Å². The molecule has 2 nitrogen and oxygen atoms in total. The Bertz CT molecular complexity index is 434. The molecule has 0 aliphatic rings. The van der Waals surface area contributed by atoms with Gasteiger partial charge in [-0.25, -0.2) is 0 Å². The standard InChI is InChI=1S/C14H15NO/c1-2-3-4-5-9-14(16)13-8-6-7-12(10-13)11-15/h6-8,10,14,16H,2-4H2,1H3. The third kappa shape index (κ3) is 3.77. The molecule has 0 bridgehead atoms. The van der Waals surface area contributed by atoms with Gasteiger partial charge in [0.15, 0.2) is 0 Å². The summed E-state index contributed by atoms with van der Waals surface area (Å²) in [6.45, 7) is 2.11. The van der Waals surface area contributed by atoms with Crippen molar-refractivity contribution in [1.29, 1.82) is 5.26 Å². The van der Waals surface area contributed by atoms with E-state index in [1.165, 1.54) is 0 Å². The summed E-state index contributed by atoms with van der Waals surface area (Å²) in [6.07, 6.45) is 2.18. The van der Waals surface area contributed by atoms with Crippen LogP contribution in [0.15, 0.2) is 24.3 Å². The lowest BCUT2D eigenvalue weighted by Gasteiger charge is -2.03. The van der Waals surface area contributed by atoms with Gasteiger partial charge in [0.25, 0.3) is 0 Å². The van der Waals surface area contributed by atoms with E-state index in [0.717, 1.165) is 19.3 Å². The van der Waals surface area contributed by atoms with Gasteiger partial charge in [0, 0.05) is 6.42 Å². The SMILES string of the molecule is CCCCC#CC(O)c1cccc(C#N)c1. The van der Waals surface area contributed by atoms with Crippen LogP contribution in [0.5, 0.6) is 0 Å². The molecule has 0 saturated heterocycles. The van der Waals surface area contributed by atoms with Crippen molar-refractivity contribution in [2.24, 2.45) is 0 Å². The van der Waals surface area contributed by atoms with E-state index in [9.17, 15) is 5.11 Å². The minimum Gasteiger partial charge on any atom is -0.376 e. The van der Waals surface area contributed by atoms with Crippen molar-refractivity contribution in [2.45, 2.75) is 32.3 Å². The molecule has 0 aromatic heterocycles. The number of aliphatic hydroxyl groups is 1. The number of rotatable bonds is 3. The van der Waals surface area contributed by atoms with Gasteiger partial charge in [0.2, 0.25) is 0 Å². The summed E-state index contributed by atoms with van der Waals surface area (Å²) >= 11 is 0. The summed E-state index contributed by atoms with van der Waals surface area (Å²) in [5, 5.41) is 18.5. The topological polar surface area (TPSA) is 44.0 Å². The molecule has 1 aromatic carbocycles. The van der Waals surface area contributed by atoms with Crippen LogP contribution in [0.25, 0.3) is 0 Å². The maximum atomic E-state index is 9.76. The van der Waals surface area contributed by atoms with Crippen molar-refractivity contribution in [3.63, 3.8) is 0 Å². The van der Waals surface area contributed by atoms with Gasteiger partial charge in [-0.3, -0.25) is 0 Å². The first kappa shape index (κ1) is 12.3. The number of aliphatic hydroxyl groups excluding tert-OH is 1. The van der Waals surface area contributed by atoms with Crippen LogP contribution >= 0.6 is 0 Å². The Morgan fingerprint density at radius 2 is 2.25 bits per heavy atom. The highest BCUT2D eigenvalue weighted by Crippen LogP contribution is 2.13. The first-order valence-corrected chi connectivity index (χ1v) is 5.44. The quantitative estimate of drug-likeness (QED) is 0.619. The van der Waals surface area contributed by atoms with Crippen molar-refractivity contribution in [3.8, 4) is 17.9 Å². The number of hydrogen-bond acceptors (Lipinski definition) is 2. The Hall–Kier alpha value is -1.77. The Kier molecular flexibility index (Phi) is 5.12. The zero-order valence-corrected chi connectivity index (χ0v) is 9.40. The first-order valence-electron chi connectivity index (χ1n) is 5.44. The average Bonchev–Trinajstić information content (AvgIpc) is 2.34. The molecule has 0 aliphatic carbocycles. The number of hydrogen-bond donors (Lipinski definition) is 1. The molecule has 1 aromatic rings. The minimum atomic E-state index is -0.787. The lowest BCUT2D eigenvalue weighted by atomic mass is 10.1. The third-order valence-corrected chi connectivity index (χ3v) is 2.23. The van der Waals surface area contributed by atoms with E-state index < -0.39 is 6.10 Å². The Morgan fingerprint density at radius 1 is 1.44 bits per heavy atom. The first-order chi connectivity index (χ1) is 7.77. The zero-order valence-electron chi connectivity index (χ0n) is 9.40. The molecule has 0 spiro atoms. The highest BCUT2D eigenvalue weighted by molar-refractivity contribution is 5.35. The maximum absolute atomic E-state index is 9.76. The van der Waals surface area contributed by atoms with Gasteiger partial charge < -0.3 is 5.11 Å². The summed E-state index contributed by atoms with van der Waals surface area (Å²) in [7, 11) is 0. The molecule has 1 atom stereocenters. The number of nitriles is 1. The summed E-state index contributed by atoms with van der Waals surface area (Å²) in [5.41, 5.74) is 1.23. The molecular weight excluding hydrogens is 198 g/mol. The lowest BCUT2D eigenvalue weighted by molar-refractivity contribution is 0.238. The highest BCUT2D eigenvalue weighted by Gasteiger charge is 2.03. The van der Waals surface area contributed by atoms with Crippen molar-refractivity contribution >= 4 is 0 Å². The van der Waals surface area contributed by atoms with Crippen molar-refractivity contribution in [2.75, 3.05) is 0 Å². The van der Waals surface area contributed by atoms with Gasteiger partial charge in [-0.2, -0.15) is 5.26 Å². The van der Waals surface area contributed by atoms with Crippen molar-refractivity contribution < 1.29 is 5.11 Å². The minimum absolute atomic E-state index is 0.548. The second-order valence-electron chi connectivity index (χ2n) is 3.56. The number of nitrogens with zero attached hydrogens (tertiary/aromatic N) is 1. The van der Waals surface area contributed by atoms with E-state index in [1.807, 2.05) is 6.07 Å². The smallest absolute Gasteiger partial charge is 0.140 e. The molecule has 0 amide bonds. The molecular formula is C14H15NO. The monoisotopic (exact) mass is 213 g/mol. The number of benzene rings is 1. The van der Waals surface area contributed by atoms with Crippen LogP contribution in [0.2, 0.25) is 0 Å². The van der Waals surface area contributed by atoms with Gasteiger partial charge in [-0.05, 0) is 24.1 Å². The van der Waals surface area contributed by atoms with Crippen LogP contribution in [-0.4, -0.2) is 5.11 Å². The molecule has 82 valence electrons. The zero-order chi connectivity index (χ0) is 11.8. The molecule has 1 unspecified atom stereocenters. The van der Waals surface area contributed by atoms with E-state index in [1.54, 1.807) is 24.3 Å². The second kappa shape index (κ2) is 6.67. The second-order valence-corrected chi connectivity index (χ2v) is 3.56. The maximum Gasteiger partial charge on any atom is 0.140 e. The average molecular weight is 213 g/mol. The fourth-order valence-electron chi connectivity index (χ4n) is 1.30. The molecule has 0 saturated carbocycles. The van der Waals surface area contributed by atoms with Gasteiger partial charge in [0.1, 0.15) is 6.10 Å². The fourth-order valence-corrected chi connectivity index (χ4v) is 1.30. The Morgan fingerprint density at radius 3 is 2.94 bits per heavy atom. The lowest BCUT2D eigenvalue weighted by Crippen LogP contribution is -1.94. The van der Waals surface area contributed by atoms with Crippen LogP contribution < -0.4 is 0 Å². The van der Waals surface area contributed by atoms with E-state index in [-0.39, 0.29) is 0 Å². The summed E-state index contributed by atoms with van der Waals surface area (Å²) < 4.78 is 0. The summed E-state index contributed by atoms with van der Waals surface area (Å²) in [6, 6.07) is 8.95. The molecule has 2 heteroatoms. The molecule has 1 N–H and O–H groups in total. The molecule has 16 heavy (non-hydrogen) atoms. The van der Waals surface area contributed by atoms with Gasteiger partial charge in [0.05, 0.1) is 11.6 Å². The molecule has 0 radical (unpaired) electrons. The van der Waals surface area contributed by atoms with Crippen LogP contribution in [-0.2, 0) is 0 Å². The number of unbranched alkanes of at least 4 members (excludes halogenated alkanes) is 2. The summed E-state index contributed by atoms with van der Waals surface area (Å²) in [5.74, 6) is 5.72. The van der Waals surface area contributed by atoms with Gasteiger partial charge >= 0.3 is 0 Å². The van der Waals surface area contributed by atoms with Crippen LogP contribution in [0.1, 0.15) is 43.4 Å². The van der Waals surface area contributed by atoms with Crippen molar-refractivity contribution in [3.05, 3.63) is 35.4 Å². The molecule has 0 heterocycles. The third-order valence-electron chi connectivity index (χ3n) is 2.23. The predicted octanol–water partition coefficient (Wildman–Crippen LogP) is 2.79.